The van der Waals surface area contributed by atoms with Crippen molar-refractivity contribution in [3.05, 3.63) is 100 Å². The van der Waals surface area contributed by atoms with Crippen LogP contribution in [0.3, 0.4) is 0 Å². The maximum Gasteiger partial charge on any atom is 0.0977 e. The van der Waals surface area contributed by atoms with Crippen LogP contribution in [0.25, 0.3) is 0 Å². The Morgan fingerprint density at radius 2 is 1.46 bits per heavy atom. The second-order valence-corrected chi connectivity index (χ2v) is 6.13. The Morgan fingerprint density at radius 1 is 0.792 bits per heavy atom. The van der Waals surface area contributed by atoms with Gasteiger partial charge in [-0.05, 0) is 43.2 Å². The third kappa shape index (κ3) is 3.66. The van der Waals surface area contributed by atoms with E-state index in [1.54, 1.807) is 0 Å². The first-order valence-electron chi connectivity index (χ1n) is 7.86. The molecule has 2 nitrogen and oxygen atoms in total. The largest absolute Gasteiger partial charge is 0.278 e. The fourth-order valence-electron chi connectivity index (χ4n) is 2.49. The predicted molar refractivity (Wildman–Crippen MR) is 103 cm³/mol. The van der Waals surface area contributed by atoms with Crippen LogP contribution in [-0.4, -0.2) is 5.71 Å². The van der Waals surface area contributed by atoms with Crippen LogP contribution in [0.2, 0.25) is 5.02 Å². The third-order valence-corrected chi connectivity index (χ3v) is 4.31. The van der Waals surface area contributed by atoms with Crippen LogP contribution < -0.4 is 5.43 Å². The van der Waals surface area contributed by atoms with Gasteiger partial charge in [-0.25, -0.2) is 0 Å². The molecule has 120 valence electrons. The molecule has 0 fully saturated rings. The number of halogens is 1. The minimum Gasteiger partial charge on any atom is -0.278 e. The van der Waals surface area contributed by atoms with E-state index in [1.165, 1.54) is 11.1 Å². The highest BCUT2D eigenvalue weighted by atomic mass is 35.5. The van der Waals surface area contributed by atoms with Crippen LogP contribution in [0.1, 0.15) is 22.3 Å². The average Bonchev–Trinajstić information content (AvgIpc) is 2.61. The smallest absolute Gasteiger partial charge is 0.0977 e. The van der Waals surface area contributed by atoms with Gasteiger partial charge in [-0.15, -0.1) is 0 Å². The summed E-state index contributed by atoms with van der Waals surface area (Å²) in [6, 6.07) is 24.0. The second-order valence-electron chi connectivity index (χ2n) is 5.69. The predicted octanol–water partition coefficient (Wildman–Crippen LogP) is 5.82. The van der Waals surface area contributed by atoms with Crippen LogP contribution in [0.5, 0.6) is 0 Å². The number of anilines is 1. The van der Waals surface area contributed by atoms with Crippen molar-refractivity contribution >= 4 is 23.0 Å². The van der Waals surface area contributed by atoms with E-state index in [1.807, 2.05) is 54.6 Å². The molecule has 3 heteroatoms. The third-order valence-electron chi connectivity index (χ3n) is 4.06. The van der Waals surface area contributed by atoms with Gasteiger partial charge in [-0.2, -0.15) is 5.10 Å². The van der Waals surface area contributed by atoms with Crippen LogP contribution in [-0.2, 0) is 0 Å². The van der Waals surface area contributed by atoms with Gasteiger partial charge in [0.1, 0.15) is 0 Å². The lowest BCUT2D eigenvalue weighted by Gasteiger charge is -2.11. The molecule has 0 saturated carbocycles. The molecule has 3 rings (SSSR count). The molecule has 0 unspecified atom stereocenters. The number of hydrogen-bond donors (Lipinski definition) is 1. The molecule has 1 N–H and O–H groups in total. The first-order valence-corrected chi connectivity index (χ1v) is 8.24. The topological polar surface area (TPSA) is 24.4 Å². The Kier molecular flexibility index (Phi) is 4.97. The normalized spacial score (nSPS) is 11.4. The fourth-order valence-corrected chi connectivity index (χ4v) is 2.61. The maximum atomic E-state index is 6.02. The van der Waals surface area contributed by atoms with Gasteiger partial charge in [0.05, 0.1) is 11.4 Å². The summed E-state index contributed by atoms with van der Waals surface area (Å²) in [5.74, 6) is 0. The highest BCUT2D eigenvalue weighted by Gasteiger charge is 2.08. The van der Waals surface area contributed by atoms with Crippen LogP contribution >= 0.6 is 11.6 Å². The Balaban J connectivity index is 2.01. The molecule has 0 aliphatic rings. The molecule has 3 aromatic rings. The quantitative estimate of drug-likeness (QED) is 0.471. The zero-order valence-corrected chi connectivity index (χ0v) is 14.5. The first kappa shape index (κ1) is 16.3. The number of nitrogens with one attached hydrogen (secondary N) is 1. The second kappa shape index (κ2) is 7.33. The van der Waals surface area contributed by atoms with Crippen molar-refractivity contribution in [2.24, 2.45) is 5.10 Å². The van der Waals surface area contributed by atoms with E-state index < -0.39 is 0 Å². The molecule has 0 spiro atoms. The van der Waals surface area contributed by atoms with Gasteiger partial charge in [0.25, 0.3) is 0 Å². The molecule has 0 aliphatic carbocycles. The lowest BCUT2D eigenvalue weighted by Crippen LogP contribution is -2.07. The molecule has 0 heterocycles. The summed E-state index contributed by atoms with van der Waals surface area (Å²) in [7, 11) is 0. The average molecular weight is 335 g/mol. The van der Waals surface area contributed by atoms with Crippen molar-refractivity contribution in [1.82, 2.24) is 0 Å². The zero-order chi connectivity index (χ0) is 16.9. The van der Waals surface area contributed by atoms with Crippen molar-refractivity contribution in [2.45, 2.75) is 13.8 Å². The van der Waals surface area contributed by atoms with E-state index >= 15 is 0 Å². The summed E-state index contributed by atoms with van der Waals surface area (Å²) >= 11 is 6.02. The van der Waals surface area contributed by atoms with E-state index in [2.05, 4.69) is 42.6 Å². The number of rotatable bonds is 4. The minimum absolute atomic E-state index is 0.716. The van der Waals surface area contributed by atoms with Crippen molar-refractivity contribution in [2.75, 3.05) is 5.43 Å². The number of hydrogen-bond acceptors (Lipinski definition) is 2. The van der Waals surface area contributed by atoms with Crippen LogP contribution in [0.15, 0.2) is 77.9 Å². The van der Waals surface area contributed by atoms with Gasteiger partial charge >= 0.3 is 0 Å². The highest BCUT2D eigenvalue weighted by Crippen LogP contribution is 2.19. The lowest BCUT2D eigenvalue weighted by atomic mass is 10.0. The summed E-state index contributed by atoms with van der Waals surface area (Å²) in [5.41, 5.74) is 9.62. The number of aryl methyl sites for hydroxylation is 1. The fraction of sp³-hybridized carbons (Fsp3) is 0.0952. The standard InChI is InChI=1S/C21H19ClN2/c1-15-7-6-10-20(16(15)2)23-24-21(17-8-4-3-5-9-17)18-11-13-19(22)14-12-18/h3-14,23H,1-2H3/b24-21-. The van der Waals surface area contributed by atoms with Gasteiger partial charge in [-0.1, -0.05) is 66.2 Å². The van der Waals surface area contributed by atoms with E-state index in [9.17, 15) is 0 Å². The zero-order valence-electron chi connectivity index (χ0n) is 13.8. The van der Waals surface area contributed by atoms with Crippen molar-refractivity contribution in [3.8, 4) is 0 Å². The van der Waals surface area contributed by atoms with Crippen LogP contribution in [0, 0.1) is 13.8 Å². The van der Waals surface area contributed by atoms with Gasteiger partial charge in [0.15, 0.2) is 0 Å². The molecule has 0 radical (unpaired) electrons. The molecule has 0 bridgehead atoms. The summed E-state index contributed by atoms with van der Waals surface area (Å²) in [4.78, 5) is 0. The summed E-state index contributed by atoms with van der Waals surface area (Å²) < 4.78 is 0. The highest BCUT2D eigenvalue weighted by molar-refractivity contribution is 6.30. The Hall–Kier alpha value is -2.58. The SMILES string of the molecule is Cc1cccc(N/N=C(/c2ccccc2)c2ccc(Cl)cc2)c1C. The van der Waals surface area contributed by atoms with E-state index in [0.717, 1.165) is 22.5 Å². The van der Waals surface area contributed by atoms with Gasteiger partial charge < -0.3 is 0 Å². The van der Waals surface area contributed by atoms with E-state index in [0.29, 0.717) is 5.02 Å². The number of benzene rings is 3. The minimum atomic E-state index is 0.716. The van der Waals surface area contributed by atoms with Crippen molar-refractivity contribution < 1.29 is 0 Å². The van der Waals surface area contributed by atoms with Gasteiger partial charge in [-0.3, -0.25) is 5.43 Å². The monoisotopic (exact) mass is 334 g/mol. The van der Waals surface area contributed by atoms with Crippen LogP contribution in [0.4, 0.5) is 5.69 Å². The van der Waals surface area contributed by atoms with E-state index in [-0.39, 0.29) is 0 Å². The molecule has 3 aromatic carbocycles. The van der Waals surface area contributed by atoms with Crippen molar-refractivity contribution in [1.29, 1.82) is 0 Å². The first-order chi connectivity index (χ1) is 11.6. The summed E-state index contributed by atoms with van der Waals surface area (Å²) in [5, 5.41) is 5.41. The molecule has 0 amide bonds. The molecular weight excluding hydrogens is 316 g/mol. The Morgan fingerprint density at radius 3 is 2.17 bits per heavy atom. The molecular formula is C21H19ClN2. The molecule has 0 saturated heterocycles. The number of nitrogens with zero attached hydrogens (tertiary/aromatic N) is 1. The number of hydrazone groups is 1. The molecule has 0 atom stereocenters. The van der Waals surface area contributed by atoms with E-state index in [4.69, 9.17) is 11.6 Å². The van der Waals surface area contributed by atoms with Crippen molar-refractivity contribution in [3.63, 3.8) is 0 Å². The van der Waals surface area contributed by atoms with Gasteiger partial charge in [0.2, 0.25) is 0 Å². The Bertz CT molecular complexity index is 853. The molecule has 0 aromatic heterocycles. The molecule has 24 heavy (non-hydrogen) atoms. The lowest BCUT2D eigenvalue weighted by molar-refractivity contribution is 1.26. The Labute approximate surface area is 147 Å². The summed E-state index contributed by atoms with van der Waals surface area (Å²) in [6.07, 6.45) is 0. The molecule has 0 aliphatic heterocycles. The summed E-state index contributed by atoms with van der Waals surface area (Å²) in [6.45, 7) is 4.19. The maximum absolute atomic E-state index is 6.02. The van der Waals surface area contributed by atoms with Gasteiger partial charge in [0, 0.05) is 16.1 Å².